The SMILES string of the molecule is Cc1ccc(-c2csc(NC(=O)c3c(C)nn(CC(C)C)c3Cl)n2)cc1C. The normalized spacial score (nSPS) is 11.2. The lowest BCUT2D eigenvalue weighted by atomic mass is 10.1. The number of hydrogen-bond acceptors (Lipinski definition) is 4. The van der Waals surface area contributed by atoms with Crippen molar-refractivity contribution in [2.24, 2.45) is 5.92 Å². The highest BCUT2D eigenvalue weighted by molar-refractivity contribution is 7.14. The molecule has 3 aromatic rings. The molecule has 5 nitrogen and oxygen atoms in total. The number of rotatable bonds is 5. The smallest absolute Gasteiger partial charge is 0.262 e. The fourth-order valence-electron chi connectivity index (χ4n) is 2.80. The molecule has 0 unspecified atom stereocenters. The van der Waals surface area contributed by atoms with Gasteiger partial charge in [-0.05, 0) is 43.9 Å². The maximum Gasteiger partial charge on any atom is 0.262 e. The van der Waals surface area contributed by atoms with E-state index in [0.717, 1.165) is 11.3 Å². The Morgan fingerprint density at radius 1 is 1.26 bits per heavy atom. The Bertz CT molecular complexity index is 990. The summed E-state index contributed by atoms with van der Waals surface area (Å²) in [6.45, 7) is 10.8. The van der Waals surface area contributed by atoms with Gasteiger partial charge in [-0.1, -0.05) is 37.6 Å². The van der Waals surface area contributed by atoms with Crippen molar-refractivity contribution in [2.45, 2.75) is 41.2 Å². The molecule has 0 saturated heterocycles. The second-order valence-electron chi connectivity index (χ2n) is 7.12. The van der Waals surface area contributed by atoms with Gasteiger partial charge >= 0.3 is 0 Å². The molecule has 2 aromatic heterocycles. The zero-order chi connectivity index (χ0) is 19.7. The lowest BCUT2D eigenvalue weighted by Gasteiger charge is -2.06. The molecule has 142 valence electrons. The first kappa shape index (κ1) is 19.6. The third-order valence-electron chi connectivity index (χ3n) is 4.36. The van der Waals surface area contributed by atoms with Crippen LogP contribution < -0.4 is 5.32 Å². The maximum atomic E-state index is 12.7. The second-order valence-corrected chi connectivity index (χ2v) is 8.33. The Morgan fingerprint density at radius 2 is 2.00 bits per heavy atom. The molecule has 27 heavy (non-hydrogen) atoms. The summed E-state index contributed by atoms with van der Waals surface area (Å²) < 4.78 is 1.68. The Hall–Kier alpha value is -2.18. The first-order chi connectivity index (χ1) is 12.8. The average Bonchev–Trinajstić information content (AvgIpc) is 3.14. The van der Waals surface area contributed by atoms with E-state index in [1.807, 2.05) is 11.4 Å². The van der Waals surface area contributed by atoms with Crippen molar-refractivity contribution >= 4 is 34.0 Å². The Morgan fingerprint density at radius 3 is 2.67 bits per heavy atom. The van der Waals surface area contributed by atoms with Crippen LogP contribution in [0.2, 0.25) is 5.15 Å². The van der Waals surface area contributed by atoms with Crippen LogP contribution in [-0.2, 0) is 6.54 Å². The summed E-state index contributed by atoms with van der Waals surface area (Å²) in [6.07, 6.45) is 0. The van der Waals surface area contributed by atoms with Gasteiger partial charge in [0.2, 0.25) is 0 Å². The van der Waals surface area contributed by atoms with E-state index in [1.165, 1.54) is 22.5 Å². The third-order valence-corrected chi connectivity index (χ3v) is 5.50. The molecular weight excluding hydrogens is 380 g/mol. The highest BCUT2D eigenvalue weighted by Gasteiger charge is 2.21. The highest BCUT2D eigenvalue weighted by Crippen LogP contribution is 2.28. The van der Waals surface area contributed by atoms with E-state index in [0.29, 0.717) is 34.0 Å². The van der Waals surface area contributed by atoms with E-state index in [-0.39, 0.29) is 5.91 Å². The van der Waals surface area contributed by atoms with Gasteiger partial charge in [0.25, 0.3) is 5.91 Å². The van der Waals surface area contributed by atoms with E-state index in [9.17, 15) is 4.79 Å². The Balaban J connectivity index is 1.80. The van der Waals surface area contributed by atoms with Crippen LogP contribution in [0.25, 0.3) is 11.3 Å². The lowest BCUT2D eigenvalue weighted by molar-refractivity contribution is 0.102. The summed E-state index contributed by atoms with van der Waals surface area (Å²) in [4.78, 5) is 17.3. The number of aryl methyl sites for hydroxylation is 3. The van der Waals surface area contributed by atoms with Crippen LogP contribution in [0.3, 0.4) is 0 Å². The van der Waals surface area contributed by atoms with Crippen LogP contribution in [0.1, 0.15) is 41.0 Å². The molecule has 3 rings (SSSR count). The molecule has 7 heteroatoms. The minimum atomic E-state index is -0.284. The quantitative estimate of drug-likeness (QED) is 0.613. The van der Waals surface area contributed by atoms with Crippen LogP contribution in [0.4, 0.5) is 5.13 Å². The standard InChI is InChI=1S/C20H23ClN4OS/c1-11(2)9-25-18(21)17(14(5)24-25)19(26)23-20-22-16(10-27-20)15-7-6-12(3)13(4)8-15/h6-8,10-11H,9H2,1-5H3,(H,22,23,26). The van der Waals surface area contributed by atoms with Crippen molar-refractivity contribution in [3.63, 3.8) is 0 Å². The number of amides is 1. The molecule has 1 N–H and O–H groups in total. The predicted octanol–water partition coefficient (Wildman–Crippen LogP) is 5.49. The number of benzene rings is 1. The summed E-state index contributed by atoms with van der Waals surface area (Å²) in [5.41, 5.74) is 5.35. The number of nitrogens with one attached hydrogen (secondary N) is 1. The molecule has 0 atom stereocenters. The molecule has 0 radical (unpaired) electrons. The van der Waals surface area contributed by atoms with Crippen molar-refractivity contribution < 1.29 is 4.79 Å². The average molecular weight is 403 g/mol. The number of anilines is 1. The first-order valence-corrected chi connectivity index (χ1v) is 10.1. The predicted molar refractivity (Wildman–Crippen MR) is 112 cm³/mol. The number of hydrogen-bond donors (Lipinski definition) is 1. The number of carbonyl (C=O) groups is 1. The Kier molecular flexibility index (Phi) is 5.67. The zero-order valence-electron chi connectivity index (χ0n) is 16.1. The van der Waals surface area contributed by atoms with Crippen LogP contribution in [-0.4, -0.2) is 20.7 Å². The fourth-order valence-corrected chi connectivity index (χ4v) is 3.85. The van der Waals surface area contributed by atoms with E-state index >= 15 is 0 Å². The second kappa shape index (κ2) is 7.82. The molecule has 0 aliphatic heterocycles. The van der Waals surface area contributed by atoms with Gasteiger partial charge in [0, 0.05) is 17.5 Å². The molecule has 1 aromatic carbocycles. The maximum absolute atomic E-state index is 12.7. The van der Waals surface area contributed by atoms with Gasteiger partial charge in [0.1, 0.15) is 5.15 Å². The molecule has 0 saturated carbocycles. The van der Waals surface area contributed by atoms with Crippen molar-refractivity contribution in [1.82, 2.24) is 14.8 Å². The summed E-state index contributed by atoms with van der Waals surface area (Å²) in [5.74, 6) is 0.102. The van der Waals surface area contributed by atoms with Crippen molar-refractivity contribution in [3.05, 3.63) is 51.1 Å². The van der Waals surface area contributed by atoms with Crippen LogP contribution >= 0.6 is 22.9 Å². The Labute approximate surface area is 168 Å². The summed E-state index contributed by atoms with van der Waals surface area (Å²) >= 11 is 7.78. The van der Waals surface area contributed by atoms with Crippen molar-refractivity contribution in [3.8, 4) is 11.3 Å². The summed E-state index contributed by atoms with van der Waals surface area (Å²) in [5, 5.41) is 10.1. The van der Waals surface area contributed by atoms with Crippen LogP contribution in [0.15, 0.2) is 23.6 Å². The summed E-state index contributed by atoms with van der Waals surface area (Å²) in [6, 6.07) is 6.22. The van der Waals surface area contributed by atoms with E-state index in [2.05, 4.69) is 55.2 Å². The van der Waals surface area contributed by atoms with Gasteiger partial charge in [0.05, 0.1) is 17.0 Å². The number of halogens is 1. The molecule has 0 spiro atoms. The molecule has 1 amide bonds. The van der Waals surface area contributed by atoms with Gasteiger partial charge in [-0.2, -0.15) is 5.10 Å². The number of nitrogens with zero attached hydrogens (tertiary/aromatic N) is 3. The lowest BCUT2D eigenvalue weighted by Crippen LogP contribution is -2.13. The first-order valence-electron chi connectivity index (χ1n) is 8.83. The third kappa shape index (κ3) is 4.22. The molecule has 0 aliphatic carbocycles. The minimum Gasteiger partial charge on any atom is -0.298 e. The van der Waals surface area contributed by atoms with E-state index in [1.54, 1.807) is 11.6 Å². The van der Waals surface area contributed by atoms with Crippen LogP contribution in [0.5, 0.6) is 0 Å². The van der Waals surface area contributed by atoms with Crippen molar-refractivity contribution in [1.29, 1.82) is 0 Å². The molecule has 0 fully saturated rings. The van der Waals surface area contributed by atoms with Gasteiger partial charge in [-0.15, -0.1) is 11.3 Å². The van der Waals surface area contributed by atoms with Gasteiger partial charge in [-0.3, -0.25) is 14.8 Å². The summed E-state index contributed by atoms with van der Waals surface area (Å²) in [7, 11) is 0. The molecule has 2 heterocycles. The molecule has 0 aliphatic rings. The van der Waals surface area contributed by atoms with Crippen LogP contribution in [0, 0.1) is 26.7 Å². The van der Waals surface area contributed by atoms with Crippen molar-refractivity contribution in [2.75, 3.05) is 5.32 Å². The highest BCUT2D eigenvalue weighted by atomic mass is 35.5. The number of carbonyl (C=O) groups excluding carboxylic acids is 1. The zero-order valence-corrected chi connectivity index (χ0v) is 17.7. The molecular formula is C20H23ClN4OS. The van der Waals surface area contributed by atoms with Gasteiger partial charge < -0.3 is 0 Å². The topological polar surface area (TPSA) is 59.8 Å². The van der Waals surface area contributed by atoms with E-state index < -0.39 is 0 Å². The van der Waals surface area contributed by atoms with E-state index in [4.69, 9.17) is 11.6 Å². The van der Waals surface area contributed by atoms with Gasteiger partial charge in [0.15, 0.2) is 5.13 Å². The minimum absolute atomic E-state index is 0.284. The number of aromatic nitrogens is 3. The fraction of sp³-hybridized carbons (Fsp3) is 0.350. The monoisotopic (exact) mass is 402 g/mol. The largest absolute Gasteiger partial charge is 0.298 e. The molecule has 0 bridgehead atoms. The van der Waals surface area contributed by atoms with Gasteiger partial charge in [-0.25, -0.2) is 4.98 Å². The number of thiazole rings is 1.